The van der Waals surface area contributed by atoms with Crippen LogP contribution in [-0.2, 0) is 4.79 Å². The van der Waals surface area contributed by atoms with Crippen molar-refractivity contribution < 1.29 is 9.90 Å². The van der Waals surface area contributed by atoms with Crippen molar-refractivity contribution >= 4 is 5.97 Å². The van der Waals surface area contributed by atoms with E-state index in [0.717, 1.165) is 0 Å². The SMILES string of the molecule is CC=CC(C)(C=CC)CC(C)(C(=O)O)C(C)(C)C. The van der Waals surface area contributed by atoms with Gasteiger partial charge >= 0.3 is 5.97 Å². The summed E-state index contributed by atoms with van der Waals surface area (Å²) in [6.45, 7) is 13.8. The smallest absolute Gasteiger partial charge is 0.309 e. The largest absolute Gasteiger partial charge is 0.481 e. The van der Waals surface area contributed by atoms with Crippen LogP contribution >= 0.6 is 0 Å². The Kier molecular flexibility index (Phi) is 5.39. The Bertz CT molecular complexity index is 333. The lowest BCUT2D eigenvalue weighted by atomic mass is 9.60. The van der Waals surface area contributed by atoms with Gasteiger partial charge in [-0.25, -0.2) is 0 Å². The molecule has 0 spiro atoms. The number of carbonyl (C=O) groups is 1. The number of hydrogen-bond donors (Lipinski definition) is 1. The van der Waals surface area contributed by atoms with E-state index in [1.54, 1.807) is 0 Å². The Labute approximate surface area is 112 Å². The van der Waals surface area contributed by atoms with Crippen LogP contribution in [0.4, 0.5) is 0 Å². The molecule has 18 heavy (non-hydrogen) atoms. The van der Waals surface area contributed by atoms with Crippen LogP contribution in [0.5, 0.6) is 0 Å². The quantitative estimate of drug-likeness (QED) is 0.722. The highest BCUT2D eigenvalue weighted by Crippen LogP contribution is 2.47. The maximum Gasteiger partial charge on any atom is 0.309 e. The van der Waals surface area contributed by atoms with Gasteiger partial charge in [-0.15, -0.1) is 0 Å². The van der Waals surface area contributed by atoms with Gasteiger partial charge in [0.15, 0.2) is 0 Å². The molecule has 0 aromatic carbocycles. The van der Waals surface area contributed by atoms with Gasteiger partial charge in [0.05, 0.1) is 5.41 Å². The first kappa shape index (κ1) is 16.9. The van der Waals surface area contributed by atoms with E-state index in [0.29, 0.717) is 6.42 Å². The van der Waals surface area contributed by atoms with E-state index in [4.69, 9.17) is 0 Å². The third-order valence-corrected chi connectivity index (χ3v) is 3.96. The van der Waals surface area contributed by atoms with Crippen LogP contribution in [0.3, 0.4) is 0 Å². The van der Waals surface area contributed by atoms with E-state index in [2.05, 4.69) is 19.1 Å². The van der Waals surface area contributed by atoms with Crippen molar-refractivity contribution in [3.63, 3.8) is 0 Å². The first-order chi connectivity index (χ1) is 8.02. The first-order valence-corrected chi connectivity index (χ1v) is 6.53. The molecule has 1 N–H and O–H groups in total. The molecular weight excluding hydrogens is 224 g/mol. The van der Waals surface area contributed by atoms with Crippen LogP contribution in [0.1, 0.15) is 54.9 Å². The summed E-state index contributed by atoms with van der Waals surface area (Å²) in [7, 11) is 0. The standard InChI is InChI=1S/C16H28O2/c1-8-10-15(6,11-9-2)12-16(7,13(17)18)14(3,4)5/h8-11H,12H2,1-7H3,(H,17,18). The number of allylic oxidation sites excluding steroid dienone is 4. The van der Waals surface area contributed by atoms with Gasteiger partial charge in [-0.3, -0.25) is 4.79 Å². The van der Waals surface area contributed by atoms with Gasteiger partial charge in [0, 0.05) is 5.41 Å². The van der Waals surface area contributed by atoms with E-state index in [1.165, 1.54) is 0 Å². The molecule has 0 rings (SSSR count). The van der Waals surface area contributed by atoms with Crippen LogP contribution in [-0.4, -0.2) is 11.1 Å². The normalized spacial score (nSPS) is 19.9. The summed E-state index contributed by atoms with van der Waals surface area (Å²) in [5.74, 6) is -0.727. The molecule has 104 valence electrons. The van der Waals surface area contributed by atoms with Crippen LogP contribution in [0.2, 0.25) is 0 Å². The zero-order valence-electron chi connectivity index (χ0n) is 12.9. The minimum atomic E-state index is -0.763. The van der Waals surface area contributed by atoms with Gasteiger partial charge in [-0.05, 0) is 32.6 Å². The van der Waals surface area contributed by atoms with E-state index >= 15 is 0 Å². The fourth-order valence-electron chi connectivity index (χ4n) is 2.36. The highest BCUT2D eigenvalue weighted by atomic mass is 16.4. The lowest BCUT2D eigenvalue weighted by Gasteiger charge is -2.42. The lowest BCUT2D eigenvalue weighted by molar-refractivity contribution is -0.156. The van der Waals surface area contributed by atoms with E-state index in [-0.39, 0.29) is 10.8 Å². The summed E-state index contributed by atoms with van der Waals surface area (Å²) in [6, 6.07) is 0. The molecule has 0 saturated carbocycles. The summed E-state index contributed by atoms with van der Waals surface area (Å²) in [6.07, 6.45) is 8.74. The average molecular weight is 252 g/mol. The molecule has 0 amide bonds. The fourth-order valence-corrected chi connectivity index (χ4v) is 2.36. The zero-order chi connectivity index (χ0) is 14.6. The van der Waals surface area contributed by atoms with Crippen molar-refractivity contribution in [1.82, 2.24) is 0 Å². The highest BCUT2D eigenvalue weighted by molar-refractivity contribution is 5.75. The molecule has 0 radical (unpaired) electrons. The topological polar surface area (TPSA) is 37.3 Å². The first-order valence-electron chi connectivity index (χ1n) is 6.53. The van der Waals surface area contributed by atoms with Gasteiger partial charge in [0.1, 0.15) is 0 Å². The molecule has 0 aliphatic rings. The van der Waals surface area contributed by atoms with E-state index in [1.807, 2.05) is 53.7 Å². The van der Waals surface area contributed by atoms with Crippen molar-refractivity contribution in [2.24, 2.45) is 16.2 Å². The Morgan fingerprint density at radius 3 is 1.61 bits per heavy atom. The van der Waals surface area contributed by atoms with Gasteiger partial charge in [-0.2, -0.15) is 0 Å². The third-order valence-electron chi connectivity index (χ3n) is 3.96. The Morgan fingerprint density at radius 1 is 1.00 bits per heavy atom. The second-order valence-corrected chi connectivity index (χ2v) is 6.57. The molecular formula is C16H28O2. The minimum absolute atomic E-state index is 0.218. The van der Waals surface area contributed by atoms with Crippen molar-refractivity contribution in [3.8, 4) is 0 Å². The highest BCUT2D eigenvalue weighted by Gasteiger charge is 2.47. The van der Waals surface area contributed by atoms with Crippen LogP contribution in [0.25, 0.3) is 0 Å². The maximum absolute atomic E-state index is 11.7. The molecule has 0 fully saturated rings. The molecule has 0 aromatic heterocycles. The number of carboxylic acids is 1. The molecule has 0 aliphatic heterocycles. The fraction of sp³-hybridized carbons (Fsp3) is 0.688. The van der Waals surface area contributed by atoms with Crippen molar-refractivity contribution in [2.75, 3.05) is 0 Å². The molecule has 0 aromatic rings. The zero-order valence-corrected chi connectivity index (χ0v) is 12.9. The molecule has 1 atom stereocenters. The second-order valence-electron chi connectivity index (χ2n) is 6.57. The molecule has 2 heteroatoms. The summed E-state index contributed by atoms with van der Waals surface area (Å²) >= 11 is 0. The summed E-state index contributed by atoms with van der Waals surface area (Å²) < 4.78 is 0. The van der Waals surface area contributed by atoms with Crippen LogP contribution < -0.4 is 0 Å². The average Bonchev–Trinajstić information content (AvgIpc) is 2.15. The van der Waals surface area contributed by atoms with Gasteiger partial charge in [0.2, 0.25) is 0 Å². The Balaban J connectivity index is 5.52. The molecule has 0 bridgehead atoms. The van der Waals surface area contributed by atoms with Gasteiger partial charge < -0.3 is 5.11 Å². The number of rotatable bonds is 5. The van der Waals surface area contributed by atoms with Crippen molar-refractivity contribution in [1.29, 1.82) is 0 Å². The predicted molar refractivity (Wildman–Crippen MR) is 77.5 cm³/mol. The van der Waals surface area contributed by atoms with Gasteiger partial charge in [-0.1, -0.05) is 52.0 Å². The van der Waals surface area contributed by atoms with Gasteiger partial charge in [0.25, 0.3) is 0 Å². The number of carboxylic acid groups (broad SMARTS) is 1. The summed E-state index contributed by atoms with van der Waals surface area (Å²) in [4.78, 5) is 11.7. The van der Waals surface area contributed by atoms with E-state index in [9.17, 15) is 9.90 Å². The summed E-state index contributed by atoms with van der Waals surface area (Å²) in [5.41, 5.74) is -1.27. The molecule has 0 aliphatic carbocycles. The molecule has 1 unspecified atom stereocenters. The Hall–Kier alpha value is -1.05. The minimum Gasteiger partial charge on any atom is -0.481 e. The molecule has 2 nitrogen and oxygen atoms in total. The maximum atomic E-state index is 11.7. The lowest BCUT2D eigenvalue weighted by Crippen LogP contribution is -2.43. The predicted octanol–water partition coefficient (Wildman–Crippen LogP) is 4.67. The molecule has 0 saturated heterocycles. The number of aliphatic carboxylic acids is 1. The van der Waals surface area contributed by atoms with Crippen LogP contribution in [0, 0.1) is 16.2 Å². The second kappa shape index (κ2) is 5.73. The Morgan fingerprint density at radius 2 is 1.39 bits per heavy atom. The van der Waals surface area contributed by atoms with Crippen LogP contribution in [0.15, 0.2) is 24.3 Å². The monoisotopic (exact) mass is 252 g/mol. The third kappa shape index (κ3) is 3.72. The number of hydrogen-bond acceptors (Lipinski definition) is 1. The summed E-state index contributed by atoms with van der Waals surface area (Å²) in [5, 5.41) is 9.62. The van der Waals surface area contributed by atoms with Crippen molar-refractivity contribution in [2.45, 2.75) is 54.9 Å². The molecule has 0 heterocycles. The van der Waals surface area contributed by atoms with E-state index < -0.39 is 11.4 Å². The van der Waals surface area contributed by atoms with Crippen molar-refractivity contribution in [3.05, 3.63) is 24.3 Å².